The number of nitrogens with zero attached hydrogens (tertiary/aromatic N) is 1. The van der Waals surface area contributed by atoms with Gasteiger partial charge in [-0.3, -0.25) is 14.5 Å². The van der Waals surface area contributed by atoms with Gasteiger partial charge in [-0.2, -0.15) is 0 Å². The van der Waals surface area contributed by atoms with E-state index in [9.17, 15) is 9.59 Å². The van der Waals surface area contributed by atoms with Crippen LogP contribution < -0.4 is 0 Å². The average Bonchev–Trinajstić information content (AvgIpc) is 2.41. The lowest BCUT2D eigenvalue weighted by atomic mass is 9.81. The Morgan fingerprint density at radius 2 is 1.62 bits per heavy atom. The fourth-order valence-corrected chi connectivity index (χ4v) is 2.54. The second kappa shape index (κ2) is 3.13. The third kappa shape index (κ3) is 1.18. The molecule has 1 heterocycles. The van der Waals surface area contributed by atoms with Crippen LogP contribution in [0.2, 0.25) is 0 Å². The van der Waals surface area contributed by atoms with Crippen LogP contribution in [0.15, 0.2) is 0 Å². The molecule has 72 valence electrons. The zero-order valence-electron chi connectivity index (χ0n) is 7.95. The van der Waals surface area contributed by atoms with Crippen molar-refractivity contribution in [1.29, 1.82) is 0 Å². The van der Waals surface area contributed by atoms with Gasteiger partial charge >= 0.3 is 0 Å². The zero-order chi connectivity index (χ0) is 9.42. The average molecular weight is 181 g/mol. The van der Waals surface area contributed by atoms with Crippen LogP contribution in [0.4, 0.5) is 0 Å². The number of carbonyl (C=O) groups is 2. The number of likely N-dealkylation sites (tertiary alicyclic amines) is 1. The van der Waals surface area contributed by atoms with E-state index in [1.807, 2.05) is 6.92 Å². The van der Waals surface area contributed by atoms with Crippen LogP contribution >= 0.6 is 0 Å². The smallest absolute Gasteiger partial charge is 0.233 e. The molecule has 0 bridgehead atoms. The predicted molar refractivity (Wildman–Crippen MR) is 47.8 cm³/mol. The van der Waals surface area contributed by atoms with Gasteiger partial charge in [0, 0.05) is 6.54 Å². The monoisotopic (exact) mass is 181 g/mol. The number of carbonyl (C=O) groups excluding carboxylic acids is 2. The molecule has 2 rings (SSSR count). The Morgan fingerprint density at radius 1 is 1.15 bits per heavy atom. The standard InChI is InChI=1S/C10H15NO2/c1-2-11-9(12)7-5-3-4-6-8(7)10(11)13/h7-8H,2-6H2,1H3/t7-,8+. The lowest BCUT2D eigenvalue weighted by Gasteiger charge is -2.19. The Kier molecular flexibility index (Phi) is 2.10. The van der Waals surface area contributed by atoms with E-state index in [0.717, 1.165) is 25.7 Å². The fraction of sp³-hybridized carbons (Fsp3) is 0.800. The molecule has 1 aliphatic carbocycles. The van der Waals surface area contributed by atoms with Crippen molar-refractivity contribution >= 4 is 11.8 Å². The molecule has 0 N–H and O–H groups in total. The molecule has 1 aliphatic heterocycles. The lowest BCUT2D eigenvalue weighted by molar-refractivity contribution is -0.139. The van der Waals surface area contributed by atoms with Crippen molar-refractivity contribution in [1.82, 2.24) is 4.90 Å². The molecular weight excluding hydrogens is 166 g/mol. The minimum absolute atomic E-state index is 0.0289. The van der Waals surface area contributed by atoms with Crippen molar-refractivity contribution in [2.75, 3.05) is 6.54 Å². The highest BCUT2D eigenvalue weighted by molar-refractivity contribution is 6.05. The molecule has 2 aliphatic rings. The van der Waals surface area contributed by atoms with E-state index in [1.54, 1.807) is 0 Å². The van der Waals surface area contributed by atoms with Crippen molar-refractivity contribution in [3.8, 4) is 0 Å². The summed E-state index contributed by atoms with van der Waals surface area (Å²) >= 11 is 0. The number of fused-ring (bicyclic) bond motifs is 1. The van der Waals surface area contributed by atoms with Crippen molar-refractivity contribution < 1.29 is 9.59 Å². The number of imide groups is 1. The number of hydrogen-bond donors (Lipinski definition) is 0. The fourth-order valence-electron chi connectivity index (χ4n) is 2.54. The molecule has 1 saturated carbocycles. The van der Waals surface area contributed by atoms with Crippen LogP contribution in [0.5, 0.6) is 0 Å². The maximum Gasteiger partial charge on any atom is 0.233 e. The lowest BCUT2D eigenvalue weighted by Crippen LogP contribution is -2.30. The number of hydrogen-bond acceptors (Lipinski definition) is 2. The normalized spacial score (nSPS) is 33.8. The van der Waals surface area contributed by atoms with Gasteiger partial charge in [0.05, 0.1) is 11.8 Å². The molecule has 3 nitrogen and oxygen atoms in total. The van der Waals surface area contributed by atoms with Gasteiger partial charge in [0.25, 0.3) is 0 Å². The molecule has 0 aromatic carbocycles. The summed E-state index contributed by atoms with van der Waals surface area (Å²) in [6, 6.07) is 0. The molecular formula is C10H15NO2. The van der Waals surface area contributed by atoms with E-state index in [0.29, 0.717) is 6.54 Å². The largest absolute Gasteiger partial charge is 0.282 e. The highest BCUT2D eigenvalue weighted by Gasteiger charge is 2.47. The summed E-state index contributed by atoms with van der Waals surface area (Å²) in [6.45, 7) is 2.41. The first kappa shape index (κ1) is 8.73. The minimum Gasteiger partial charge on any atom is -0.282 e. The highest BCUT2D eigenvalue weighted by atomic mass is 16.2. The summed E-state index contributed by atoms with van der Waals surface area (Å²) in [5.41, 5.74) is 0. The van der Waals surface area contributed by atoms with E-state index in [1.165, 1.54) is 4.90 Å². The van der Waals surface area contributed by atoms with E-state index in [4.69, 9.17) is 0 Å². The van der Waals surface area contributed by atoms with Crippen LogP contribution in [-0.2, 0) is 9.59 Å². The van der Waals surface area contributed by atoms with Crippen LogP contribution in [-0.4, -0.2) is 23.3 Å². The first-order valence-corrected chi connectivity index (χ1v) is 5.11. The minimum atomic E-state index is 0.0289. The first-order valence-electron chi connectivity index (χ1n) is 5.11. The zero-order valence-corrected chi connectivity index (χ0v) is 7.95. The summed E-state index contributed by atoms with van der Waals surface area (Å²) in [7, 11) is 0. The van der Waals surface area contributed by atoms with E-state index in [2.05, 4.69) is 0 Å². The Hall–Kier alpha value is -0.860. The Labute approximate surface area is 78.1 Å². The Morgan fingerprint density at radius 3 is 2.00 bits per heavy atom. The molecule has 0 unspecified atom stereocenters. The van der Waals surface area contributed by atoms with Gasteiger partial charge in [0.15, 0.2) is 0 Å². The van der Waals surface area contributed by atoms with Crippen LogP contribution in [0.1, 0.15) is 32.6 Å². The van der Waals surface area contributed by atoms with Gasteiger partial charge in [0.1, 0.15) is 0 Å². The van der Waals surface area contributed by atoms with Gasteiger partial charge in [-0.05, 0) is 19.8 Å². The third-order valence-electron chi connectivity index (χ3n) is 3.25. The quantitative estimate of drug-likeness (QED) is 0.570. The summed E-state index contributed by atoms with van der Waals surface area (Å²) in [4.78, 5) is 24.8. The van der Waals surface area contributed by atoms with Gasteiger partial charge in [-0.1, -0.05) is 12.8 Å². The molecule has 2 fully saturated rings. The molecule has 3 heteroatoms. The summed E-state index contributed by atoms with van der Waals surface area (Å²) in [6.07, 6.45) is 4.06. The van der Waals surface area contributed by atoms with Gasteiger partial charge in [0.2, 0.25) is 11.8 Å². The first-order chi connectivity index (χ1) is 6.25. The highest BCUT2D eigenvalue weighted by Crippen LogP contribution is 2.37. The van der Waals surface area contributed by atoms with Crippen LogP contribution in [0.25, 0.3) is 0 Å². The van der Waals surface area contributed by atoms with Crippen LogP contribution in [0.3, 0.4) is 0 Å². The molecule has 0 aromatic heterocycles. The van der Waals surface area contributed by atoms with E-state index in [-0.39, 0.29) is 23.7 Å². The summed E-state index contributed by atoms with van der Waals surface area (Å²) in [5, 5.41) is 0. The Bertz CT molecular complexity index is 225. The van der Waals surface area contributed by atoms with Gasteiger partial charge < -0.3 is 0 Å². The number of amides is 2. The van der Waals surface area contributed by atoms with Gasteiger partial charge in [-0.25, -0.2) is 0 Å². The van der Waals surface area contributed by atoms with Crippen molar-refractivity contribution in [3.63, 3.8) is 0 Å². The molecule has 0 spiro atoms. The maximum absolute atomic E-state index is 11.7. The second-order valence-electron chi connectivity index (χ2n) is 3.92. The summed E-state index contributed by atoms with van der Waals surface area (Å²) in [5.74, 6) is 0.219. The third-order valence-corrected chi connectivity index (χ3v) is 3.25. The van der Waals surface area contributed by atoms with Crippen molar-refractivity contribution in [3.05, 3.63) is 0 Å². The van der Waals surface area contributed by atoms with E-state index >= 15 is 0 Å². The van der Waals surface area contributed by atoms with Gasteiger partial charge in [-0.15, -0.1) is 0 Å². The maximum atomic E-state index is 11.7. The van der Waals surface area contributed by atoms with E-state index < -0.39 is 0 Å². The predicted octanol–water partition coefficient (Wildman–Crippen LogP) is 1.18. The SMILES string of the molecule is CCN1C(=O)[C@H]2CCCC[C@H]2C1=O. The second-order valence-corrected chi connectivity index (χ2v) is 3.92. The topological polar surface area (TPSA) is 37.4 Å². The molecule has 13 heavy (non-hydrogen) atoms. The molecule has 2 amide bonds. The molecule has 0 aromatic rings. The molecule has 0 radical (unpaired) electrons. The molecule has 2 atom stereocenters. The van der Waals surface area contributed by atoms with Crippen molar-refractivity contribution in [2.24, 2.45) is 11.8 Å². The molecule has 1 saturated heterocycles. The Balaban J connectivity index is 2.22. The number of rotatable bonds is 1. The van der Waals surface area contributed by atoms with Crippen LogP contribution in [0, 0.1) is 11.8 Å². The van der Waals surface area contributed by atoms with Crippen molar-refractivity contribution in [2.45, 2.75) is 32.6 Å². The summed E-state index contributed by atoms with van der Waals surface area (Å²) < 4.78 is 0.